The second-order valence-electron chi connectivity index (χ2n) is 5.90. The number of carbonyl (C=O) groups excluding carboxylic acids is 1. The SMILES string of the molecule is CCCOc1c(Cl)cc(C(=O)N2CCCCCCC2)cc1OC. The van der Waals surface area contributed by atoms with Gasteiger partial charge in [-0.2, -0.15) is 0 Å². The summed E-state index contributed by atoms with van der Waals surface area (Å²) < 4.78 is 11.0. The van der Waals surface area contributed by atoms with Crippen molar-refractivity contribution in [2.45, 2.75) is 45.4 Å². The fraction of sp³-hybridized carbons (Fsp3) is 0.611. The van der Waals surface area contributed by atoms with Crippen LogP contribution in [-0.4, -0.2) is 37.6 Å². The van der Waals surface area contributed by atoms with Crippen LogP contribution in [0.4, 0.5) is 0 Å². The second-order valence-corrected chi connectivity index (χ2v) is 6.31. The molecule has 1 heterocycles. The van der Waals surface area contributed by atoms with Crippen LogP contribution in [0, 0.1) is 0 Å². The van der Waals surface area contributed by atoms with Gasteiger partial charge in [-0.05, 0) is 31.4 Å². The number of likely N-dealkylation sites (tertiary alicyclic amines) is 1. The van der Waals surface area contributed by atoms with E-state index in [1.807, 2.05) is 11.8 Å². The van der Waals surface area contributed by atoms with Gasteiger partial charge in [0.05, 0.1) is 18.7 Å². The minimum atomic E-state index is 0.0224. The molecule has 1 fully saturated rings. The van der Waals surface area contributed by atoms with E-state index in [0.29, 0.717) is 28.7 Å². The highest BCUT2D eigenvalue weighted by Gasteiger charge is 2.20. The van der Waals surface area contributed by atoms with Gasteiger partial charge < -0.3 is 14.4 Å². The zero-order chi connectivity index (χ0) is 16.7. The van der Waals surface area contributed by atoms with Crippen molar-refractivity contribution < 1.29 is 14.3 Å². The average Bonchev–Trinajstić information content (AvgIpc) is 2.52. The highest BCUT2D eigenvalue weighted by Crippen LogP contribution is 2.37. The van der Waals surface area contributed by atoms with Crippen molar-refractivity contribution >= 4 is 17.5 Å². The summed E-state index contributed by atoms with van der Waals surface area (Å²) in [4.78, 5) is 14.7. The lowest BCUT2D eigenvalue weighted by atomic mass is 10.1. The van der Waals surface area contributed by atoms with Crippen LogP contribution >= 0.6 is 11.6 Å². The maximum absolute atomic E-state index is 12.8. The van der Waals surface area contributed by atoms with E-state index in [1.165, 1.54) is 19.3 Å². The fourth-order valence-corrected chi connectivity index (χ4v) is 3.09. The number of methoxy groups -OCH3 is 1. The van der Waals surface area contributed by atoms with Gasteiger partial charge in [0.25, 0.3) is 5.91 Å². The zero-order valence-electron chi connectivity index (χ0n) is 14.1. The molecule has 1 saturated heterocycles. The van der Waals surface area contributed by atoms with Gasteiger partial charge in [-0.15, -0.1) is 0 Å². The summed E-state index contributed by atoms with van der Waals surface area (Å²) in [7, 11) is 1.56. The van der Waals surface area contributed by atoms with Gasteiger partial charge in [-0.1, -0.05) is 37.8 Å². The molecule has 0 unspecified atom stereocenters. The maximum atomic E-state index is 12.8. The molecule has 4 nitrogen and oxygen atoms in total. The molecule has 1 amide bonds. The summed E-state index contributed by atoms with van der Waals surface area (Å²) in [6.45, 7) is 4.22. The van der Waals surface area contributed by atoms with E-state index in [0.717, 1.165) is 32.4 Å². The summed E-state index contributed by atoms with van der Waals surface area (Å²) in [5, 5.41) is 0.424. The Hall–Kier alpha value is -1.42. The third-order valence-electron chi connectivity index (χ3n) is 4.07. The first-order chi connectivity index (χ1) is 11.2. The molecule has 128 valence electrons. The molecule has 1 aromatic rings. The third-order valence-corrected chi connectivity index (χ3v) is 4.35. The topological polar surface area (TPSA) is 38.8 Å². The van der Waals surface area contributed by atoms with Gasteiger partial charge >= 0.3 is 0 Å². The minimum Gasteiger partial charge on any atom is -0.493 e. The molecular formula is C18H26ClNO3. The van der Waals surface area contributed by atoms with Crippen LogP contribution in [0.15, 0.2) is 12.1 Å². The Bertz CT molecular complexity index is 525. The Morgan fingerprint density at radius 1 is 1.17 bits per heavy atom. The van der Waals surface area contributed by atoms with Crippen molar-refractivity contribution in [3.8, 4) is 11.5 Å². The standard InChI is InChI=1S/C18H26ClNO3/c1-3-11-23-17-15(19)12-14(13-16(17)22-2)18(21)20-9-7-5-4-6-8-10-20/h12-13H,3-11H2,1-2H3. The van der Waals surface area contributed by atoms with Gasteiger partial charge in [-0.25, -0.2) is 0 Å². The molecule has 0 radical (unpaired) electrons. The lowest BCUT2D eigenvalue weighted by Crippen LogP contribution is -2.33. The molecule has 0 spiro atoms. The van der Waals surface area contributed by atoms with Crippen LogP contribution < -0.4 is 9.47 Å². The largest absolute Gasteiger partial charge is 0.493 e. The number of rotatable bonds is 5. The first-order valence-electron chi connectivity index (χ1n) is 8.47. The number of carbonyl (C=O) groups is 1. The Labute approximate surface area is 143 Å². The predicted octanol–water partition coefficient (Wildman–Crippen LogP) is 4.54. The number of ether oxygens (including phenoxy) is 2. The average molecular weight is 340 g/mol. The van der Waals surface area contributed by atoms with E-state index < -0.39 is 0 Å². The molecular weight excluding hydrogens is 314 g/mol. The number of halogens is 1. The summed E-state index contributed by atoms with van der Waals surface area (Å²) in [6.07, 6.45) is 6.66. The van der Waals surface area contributed by atoms with Crippen molar-refractivity contribution in [1.29, 1.82) is 0 Å². The van der Waals surface area contributed by atoms with Crippen LogP contribution in [-0.2, 0) is 0 Å². The van der Waals surface area contributed by atoms with Crippen LogP contribution in [0.2, 0.25) is 5.02 Å². The second kappa shape index (κ2) is 9.02. The molecule has 0 aromatic heterocycles. The smallest absolute Gasteiger partial charge is 0.254 e. The number of hydrogen-bond acceptors (Lipinski definition) is 3. The molecule has 0 N–H and O–H groups in total. The highest BCUT2D eigenvalue weighted by atomic mass is 35.5. The van der Waals surface area contributed by atoms with Gasteiger partial charge in [-0.3, -0.25) is 4.79 Å². The fourth-order valence-electron chi connectivity index (χ4n) is 2.82. The molecule has 23 heavy (non-hydrogen) atoms. The van der Waals surface area contributed by atoms with E-state index >= 15 is 0 Å². The van der Waals surface area contributed by atoms with Crippen molar-refractivity contribution in [1.82, 2.24) is 4.90 Å². The minimum absolute atomic E-state index is 0.0224. The quantitative estimate of drug-likeness (QED) is 0.790. The van der Waals surface area contributed by atoms with Gasteiger partial charge in [0.15, 0.2) is 11.5 Å². The number of nitrogens with zero attached hydrogens (tertiary/aromatic N) is 1. The molecule has 0 atom stereocenters. The van der Waals surface area contributed by atoms with Crippen molar-refractivity contribution in [3.05, 3.63) is 22.7 Å². The molecule has 0 aliphatic carbocycles. The highest BCUT2D eigenvalue weighted by molar-refractivity contribution is 6.32. The Balaban J connectivity index is 2.20. The first-order valence-corrected chi connectivity index (χ1v) is 8.84. The van der Waals surface area contributed by atoms with E-state index in [2.05, 4.69) is 0 Å². The third kappa shape index (κ3) is 4.77. The summed E-state index contributed by atoms with van der Waals surface area (Å²) in [5.41, 5.74) is 0.566. The first kappa shape index (κ1) is 17.9. The molecule has 1 aromatic carbocycles. The van der Waals surface area contributed by atoms with Crippen LogP contribution in [0.1, 0.15) is 55.8 Å². The van der Waals surface area contributed by atoms with Gasteiger partial charge in [0.2, 0.25) is 0 Å². The van der Waals surface area contributed by atoms with Crippen LogP contribution in [0.3, 0.4) is 0 Å². The normalized spacial score (nSPS) is 15.7. The van der Waals surface area contributed by atoms with Crippen LogP contribution in [0.5, 0.6) is 11.5 Å². The Morgan fingerprint density at radius 2 is 1.83 bits per heavy atom. The molecule has 0 saturated carbocycles. The van der Waals surface area contributed by atoms with Crippen molar-refractivity contribution in [2.75, 3.05) is 26.8 Å². The molecule has 0 bridgehead atoms. The number of benzene rings is 1. The monoisotopic (exact) mass is 339 g/mol. The van der Waals surface area contributed by atoms with Crippen LogP contribution in [0.25, 0.3) is 0 Å². The van der Waals surface area contributed by atoms with E-state index in [9.17, 15) is 4.79 Å². The van der Waals surface area contributed by atoms with E-state index in [-0.39, 0.29) is 5.91 Å². The maximum Gasteiger partial charge on any atom is 0.254 e. The zero-order valence-corrected chi connectivity index (χ0v) is 14.8. The Kier molecular flexibility index (Phi) is 7.03. The summed E-state index contributed by atoms with van der Waals surface area (Å²) in [5.74, 6) is 1.05. The van der Waals surface area contributed by atoms with E-state index in [1.54, 1.807) is 19.2 Å². The molecule has 1 aliphatic rings. The number of hydrogen-bond donors (Lipinski definition) is 0. The lowest BCUT2D eigenvalue weighted by Gasteiger charge is -2.25. The molecule has 5 heteroatoms. The van der Waals surface area contributed by atoms with Crippen molar-refractivity contribution in [3.63, 3.8) is 0 Å². The lowest BCUT2D eigenvalue weighted by molar-refractivity contribution is 0.0742. The van der Waals surface area contributed by atoms with Gasteiger partial charge in [0.1, 0.15) is 0 Å². The van der Waals surface area contributed by atoms with E-state index in [4.69, 9.17) is 21.1 Å². The summed E-state index contributed by atoms with van der Waals surface area (Å²) >= 11 is 6.31. The molecule has 1 aliphatic heterocycles. The van der Waals surface area contributed by atoms with Crippen molar-refractivity contribution in [2.24, 2.45) is 0 Å². The Morgan fingerprint density at radius 3 is 2.43 bits per heavy atom. The summed E-state index contributed by atoms with van der Waals surface area (Å²) in [6, 6.07) is 3.42. The van der Waals surface area contributed by atoms with Gasteiger partial charge in [0, 0.05) is 18.7 Å². The molecule has 2 rings (SSSR count). The number of amides is 1. The predicted molar refractivity (Wildman–Crippen MR) is 92.8 cm³/mol.